The number of thiazole rings is 1. The van der Waals surface area contributed by atoms with Crippen LogP contribution in [-0.4, -0.2) is 24.7 Å². The molecule has 0 aliphatic rings. The molecule has 0 spiro atoms. The third-order valence-corrected chi connectivity index (χ3v) is 5.57. The molecule has 0 aliphatic heterocycles. The van der Waals surface area contributed by atoms with Gasteiger partial charge in [0.1, 0.15) is 10.7 Å². The highest BCUT2D eigenvalue weighted by atomic mass is 32.2. The SMILES string of the molecule is Cc1nc(C)c(-c2nnc(SCc3nc4ccccc4n3C(F)F)o2)s1. The maximum Gasteiger partial charge on any atom is 0.320 e. The van der Waals surface area contributed by atoms with Crippen LogP contribution in [0, 0.1) is 13.8 Å². The fourth-order valence-corrected chi connectivity index (χ4v) is 4.16. The number of halogens is 2. The number of thioether (sulfide) groups is 1. The first-order valence-corrected chi connectivity index (χ1v) is 9.48. The van der Waals surface area contributed by atoms with E-state index >= 15 is 0 Å². The summed E-state index contributed by atoms with van der Waals surface area (Å²) in [5.74, 6) is 0.843. The van der Waals surface area contributed by atoms with E-state index in [0.29, 0.717) is 22.1 Å². The van der Waals surface area contributed by atoms with Gasteiger partial charge in [-0.05, 0) is 26.0 Å². The predicted molar refractivity (Wildman–Crippen MR) is 95.4 cm³/mol. The molecule has 0 saturated heterocycles. The van der Waals surface area contributed by atoms with Gasteiger partial charge < -0.3 is 4.42 Å². The van der Waals surface area contributed by atoms with Crippen LogP contribution in [0.4, 0.5) is 8.78 Å². The zero-order valence-corrected chi connectivity index (χ0v) is 15.4. The molecule has 0 bridgehead atoms. The van der Waals surface area contributed by atoms with Crippen molar-refractivity contribution in [1.82, 2.24) is 24.7 Å². The molecular formula is C16H13F2N5OS2. The van der Waals surface area contributed by atoms with Gasteiger partial charge in [-0.1, -0.05) is 23.9 Å². The van der Waals surface area contributed by atoms with Gasteiger partial charge in [0, 0.05) is 0 Å². The molecule has 0 amide bonds. The molecule has 134 valence electrons. The van der Waals surface area contributed by atoms with Crippen molar-refractivity contribution in [3.05, 3.63) is 40.8 Å². The number of hydrogen-bond donors (Lipinski definition) is 0. The number of benzene rings is 1. The molecule has 0 aliphatic carbocycles. The number of aryl methyl sites for hydroxylation is 2. The second kappa shape index (κ2) is 6.76. The third-order valence-electron chi connectivity index (χ3n) is 3.69. The van der Waals surface area contributed by atoms with Crippen molar-refractivity contribution in [2.75, 3.05) is 0 Å². The highest BCUT2D eigenvalue weighted by Crippen LogP contribution is 2.32. The summed E-state index contributed by atoms with van der Waals surface area (Å²) >= 11 is 2.65. The Bertz CT molecular complexity index is 1070. The Labute approximate surface area is 155 Å². The fraction of sp³-hybridized carbons (Fsp3) is 0.250. The molecule has 0 saturated carbocycles. The topological polar surface area (TPSA) is 69.6 Å². The summed E-state index contributed by atoms with van der Waals surface area (Å²) < 4.78 is 33.5. The summed E-state index contributed by atoms with van der Waals surface area (Å²) in [7, 11) is 0. The van der Waals surface area contributed by atoms with Gasteiger partial charge >= 0.3 is 6.55 Å². The number of fused-ring (bicyclic) bond motifs is 1. The first-order chi connectivity index (χ1) is 12.5. The summed E-state index contributed by atoms with van der Waals surface area (Å²) in [6.45, 7) is 1.11. The number of aromatic nitrogens is 5. The molecule has 3 aromatic heterocycles. The Hall–Kier alpha value is -2.33. The number of para-hydroxylation sites is 2. The quantitative estimate of drug-likeness (QED) is 0.452. The number of hydrogen-bond acceptors (Lipinski definition) is 7. The molecule has 4 aromatic rings. The van der Waals surface area contributed by atoms with E-state index in [4.69, 9.17) is 4.42 Å². The minimum atomic E-state index is -2.67. The Balaban J connectivity index is 1.58. The maximum atomic E-state index is 13.4. The van der Waals surface area contributed by atoms with Crippen LogP contribution in [0.25, 0.3) is 21.8 Å². The lowest BCUT2D eigenvalue weighted by Gasteiger charge is -2.06. The molecule has 0 unspecified atom stereocenters. The maximum absolute atomic E-state index is 13.4. The number of alkyl halides is 2. The van der Waals surface area contributed by atoms with Gasteiger partial charge in [-0.25, -0.2) is 9.97 Å². The van der Waals surface area contributed by atoms with Crippen LogP contribution in [0.2, 0.25) is 0 Å². The third kappa shape index (κ3) is 3.10. The summed E-state index contributed by atoms with van der Waals surface area (Å²) in [5, 5.41) is 9.23. The molecule has 0 radical (unpaired) electrons. The molecular weight excluding hydrogens is 380 g/mol. The summed E-state index contributed by atoms with van der Waals surface area (Å²) in [6.07, 6.45) is 0. The predicted octanol–water partition coefficient (Wildman–Crippen LogP) is 4.85. The molecule has 0 atom stereocenters. The summed E-state index contributed by atoms with van der Waals surface area (Å²) in [4.78, 5) is 9.45. The van der Waals surface area contributed by atoms with Crippen LogP contribution in [-0.2, 0) is 5.75 Å². The van der Waals surface area contributed by atoms with Crippen molar-refractivity contribution in [1.29, 1.82) is 0 Å². The van der Waals surface area contributed by atoms with E-state index in [1.165, 1.54) is 23.1 Å². The van der Waals surface area contributed by atoms with Gasteiger partial charge in [-0.2, -0.15) is 8.78 Å². The highest BCUT2D eigenvalue weighted by molar-refractivity contribution is 7.98. The van der Waals surface area contributed by atoms with Crippen LogP contribution in [0.3, 0.4) is 0 Å². The van der Waals surface area contributed by atoms with Crippen molar-refractivity contribution in [2.45, 2.75) is 31.4 Å². The van der Waals surface area contributed by atoms with Gasteiger partial charge in [0.15, 0.2) is 0 Å². The molecule has 1 aromatic carbocycles. The van der Waals surface area contributed by atoms with Crippen molar-refractivity contribution < 1.29 is 13.2 Å². The normalized spacial score (nSPS) is 11.7. The van der Waals surface area contributed by atoms with Crippen LogP contribution < -0.4 is 0 Å². The lowest BCUT2D eigenvalue weighted by molar-refractivity contribution is 0.0722. The average Bonchev–Trinajstić information content (AvgIpc) is 3.28. The minimum absolute atomic E-state index is 0.196. The molecule has 3 heterocycles. The molecule has 0 N–H and O–H groups in total. The van der Waals surface area contributed by atoms with Crippen LogP contribution in [0.5, 0.6) is 0 Å². The van der Waals surface area contributed by atoms with E-state index in [1.807, 2.05) is 13.8 Å². The van der Waals surface area contributed by atoms with Gasteiger partial charge in [0.2, 0.25) is 0 Å². The summed E-state index contributed by atoms with van der Waals surface area (Å²) in [6, 6.07) is 6.82. The number of nitrogens with zero attached hydrogens (tertiary/aromatic N) is 5. The monoisotopic (exact) mass is 393 g/mol. The zero-order chi connectivity index (χ0) is 18.3. The van der Waals surface area contributed by atoms with Crippen LogP contribution in [0.1, 0.15) is 23.1 Å². The van der Waals surface area contributed by atoms with E-state index in [1.54, 1.807) is 24.3 Å². The second-order valence-corrected chi connectivity index (χ2v) is 7.60. The van der Waals surface area contributed by atoms with Crippen molar-refractivity contribution in [2.24, 2.45) is 0 Å². The average molecular weight is 393 g/mol. The van der Waals surface area contributed by atoms with E-state index in [0.717, 1.165) is 20.1 Å². The van der Waals surface area contributed by atoms with Crippen LogP contribution in [0.15, 0.2) is 33.9 Å². The van der Waals surface area contributed by atoms with Gasteiger partial charge in [0.25, 0.3) is 11.1 Å². The Morgan fingerprint density at radius 1 is 1.19 bits per heavy atom. The largest absolute Gasteiger partial charge is 0.410 e. The smallest absolute Gasteiger partial charge is 0.320 e. The second-order valence-electron chi connectivity index (χ2n) is 5.47. The lowest BCUT2D eigenvalue weighted by Crippen LogP contribution is -2.03. The first kappa shape index (κ1) is 17.1. The van der Waals surface area contributed by atoms with Gasteiger partial charge in [0.05, 0.1) is 27.5 Å². The minimum Gasteiger partial charge on any atom is -0.410 e. The van der Waals surface area contributed by atoms with Crippen molar-refractivity contribution in [3.63, 3.8) is 0 Å². The van der Waals surface area contributed by atoms with E-state index < -0.39 is 6.55 Å². The fourth-order valence-electron chi connectivity index (χ4n) is 2.63. The molecule has 0 fully saturated rings. The Morgan fingerprint density at radius 2 is 2.00 bits per heavy atom. The zero-order valence-electron chi connectivity index (χ0n) is 13.8. The van der Waals surface area contributed by atoms with E-state index in [-0.39, 0.29) is 11.6 Å². The number of imidazole rings is 1. The molecule has 10 heteroatoms. The van der Waals surface area contributed by atoms with E-state index in [2.05, 4.69) is 20.2 Å². The number of rotatable bonds is 5. The van der Waals surface area contributed by atoms with Gasteiger partial charge in [-0.15, -0.1) is 21.5 Å². The molecule has 4 rings (SSSR count). The lowest BCUT2D eigenvalue weighted by atomic mass is 10.3. The first-order valence-electron chi connectivity index (χ1n) is 7.67. The van der Waals surface area contributed by atoms with E-state index in [9.17, 15) is 8.78 Å². The highest BCUT2D eigenvalue weighted by Gasteiger charge is 2.19. The van der Waals surface area contributed by atoms with Gasteiger partial charge in [-0.3, -0.25) is 4.57 Å². The standard InChI is InChI=1S/C16H13F2N5OS2/c1-8-13(26-9(2)19-8)14-21-22-16(24-14)25-7-12-20-10-5-3-4-6-11(10)23(12)15(17)18/h3-6,15H,7H2,1-2H3. The summed E-state index contributed by atoms with van der Waals surface area (Å²) in [5.41, 5.74) is 1.76. The molecule has 6 nitrogen and oxygen atoms in total. The van der Waals surface area contributed by atoms with Crippen molar-refractivity contribution in [3.8, 4) is 10.8 Å². The van der Waals surface area contributed by atoms with Crippen molar-refractivity contribution >= 4 is 34.1 Å². The Kier molecular flexibility index (Phi) is 4.45. The Morgan fingerprint density at radius 3 is 2.73 bits per heavy atom. The van der Waals surface area contributed by atoms with Crippen LogP contribution >= 0.6 is 23.1 Å². The molecule has 26 heavy (non-hydrogen) atoms.